The summed E-state index contributed by atoms with van der Waals surface area (Å²) in [5.41, 5.74) is 4.23. The Morgan fingerprint density at radius 3 is 2.62 bits per heavy atom. The van der Waals surface area contributed by atoms with Gasteiger partial charge in [0.1, 0.15) is 5.58 Å². The van der Waals surface area contributed by atoms with E-state index in [9.17, 15) is 4.79 Å². The Balaban J connectivity index is 1.49. The van der Waals surface area contributed by atoms with Gasteiger partial charge in [-0.3, -0.25) is 4.79 Å². The number of carbonyl (C=O) groups is 1. The van der Waals surface area contributed by atoms with E-state index in [2.05, 4.69) is 10.5 Å². The van der Waals surface area contributed by atoms with Gasteiger partial charge in [-0.1, -0.05) is 66.7 Å². The molecule has 4 aromatic rings. The third-order valence-electron chi connectivity index (χ3n) is 4.06. The first kappa shape index (κ1) is 15.8. The Labute approximate surface area is 150 Å². The van der Waals surface area contributed by atoms with E-state index in [0.29, 0.717) is 5.58 Å². The average Bonchev–Trinajstić information content (AvgIpc) is 3.13. The third kappa shape index (κ3) is 3.26. The first-order valence-electron chi connectivity index (χ1n) is 8.28. The summed E-state index contributed by atoms with van der Waals surface area (Å²) in [6.07, 6.45) is 5.20. The van der Waals surface area contributed by atoms with Gasteiger partial charge in [0, 0.05) is 11.6 Å². The summed E-state index contributed by atoms with van der Waals surface area (Å²) in [4.78, 5) is 12.2. The first-order chi connectivity index (χ1) is 12.8. The van der Waals surface area contributed by atoms with Gasteiger partial charge < -0.3 is 4.42 Å². The number of hydrogen-bond acceptors (Lipinski definition) is 3. The van der Waals surface area contributed by atoms with E-state index in [4.69, 9.17) is 4.42 Å². The van der Waals surface area contributed by atoms with Gasteiger partial charge >= 0.3 is 5.91 Å². The van der Waals surface area contributed by atoms with Crippen LogP contribution in [0.25, 0.3) is 27.8 Å². The number of amides is 1. The number of nitrogens with one attached hydrogen (secondary N) is 1. The van der Waals surface area contributed by atoms with Crippen molar-refractivity contribution in [1.29, 1.82) is 0 Å². The van der Waals surface area contributed by atoms with Crippen molar-refractivity contribution in [3.05, 3.63) is 90.2 Å². The number of carbonyl (C=O) groups excluding carboxylic acids is 1. The Kier molecular flexibility index (Phi) is 4.31. The number of hydrogen-bond donors (Lipinski definition) is 1. The van der Waals surface area contributed by atoms with E-state index >= 15 is 0 Å². The molecule has 0 saturated carbocycles. The van der Waals surface area contributed by atoms with Crippen molar-refractivity contribution < 1.29 is 9.21 Å². The van der Waals surface area contributed by atoms with Gasteiger partial charge in [-0.25, -0.2) is 5.43 Å². The Bertz CT molecular complexity index is 1120. The van der Waals surface area contributed by atoms with Crippen molar-refractivity contribution in [3.8, 4) is 0 Å². The van der Waals surface area contributed by atoms with Crippen LogP contribution < -0.4 is 5.43 Å². The SMILES string of the molecule is O=C(N/N=C\C=C\c1ccccc1)c1cc2c(ccc3ccccc32)o1. The maximum atomic E-state index is 12.2. The van der Waals surface area contributed by atoms with Crippen molar-refractivity contribution in [2.75, 3.05) is 0 Å². The summed E-state index contributed by atoms with van der Waals surface area (Å²) in [5, 5.41) is 7.01. The molecule has 1 heterocycles. The molecule has 4 nitrogen and oxygen atoms in total. The number of fused-ring (bicyclic) bond motifs is 3. The standard InChI is InChI=1S/C22H16N2O2/c25-22(24-23-14-6-9-16-7-2-1-3-8-16)21-15-19-18-11-5-4-10-17(18)12-13-20(19)26-21/h1-15H,(H,24,25)/b9-6+,23-14-. The number of allylic oxidation sites excluding steroid dienone is 1. The Morgan fingerprint density at radius 1 is 0.923 bits per heavy atom. The van der Waals surface area contributed by atoms with Gasteiger partial charge in [-0.05, 0) is 34.5 Å². The van der Waals surface area contributed by atoms with Crippen molar-refractivity contribution in [3.63, 3.8) is 0 Å². The van der Waals surface area contributed by atoms with Crippen LogP contribution >= 0.6 is 0 Å². The molecule has 4 rings (SSSR count). The quantitative estimate of drug-likeness (QED) is 0.419. The summed E-state index contributed by atoms with van der Waals surface area (Å²) in [5.74, 6) is -0.143. The summed E-state index contributed by atoms with van der Waals surface area (Å²) < 4.78 is 5.66. The number of rotatable bonds is 4. The van der Waals surface area contributed by atoms with Crippen LogP contribution in [-0.2, 0) is 0 Å². The van der Waals surface area contributed by atoms with Crippen molar-refractivity contribution in [1.82, 2.24) is 5.43 Å². The molecule has 4 heteroatoms. The molecule has 0 aliphatic carbocycles. The molecule has 0 spiro atoms. The topological polar surface area (TPSA) is 54.6 Å². The molecular formula is C22H16N2O2. The van der Waals surface area contributed by atoms with Crippen LogP contribution in [-0.4, -0.2) is 12.1 Å². The van der Waals surface area contributed by atoms with Crippen LogP contribution in [0, 0.1) is 0 Å². The molecule has 3 aromatic carbocycles. The fourth-order valence-corrected chi connectivity index (χ4v) is 2.82. The third-order valence-corrected chi connectivity index (χ3v) is 4.06. The van der Waals surface area contributed by atoms with Gasteiger partial charge in [-0.15, -0.1) is 0 Å². The molecule has 1 N–H and O–H groups in total. The van der Waals surface area contributed by atoms with Crippen LogP contribution in [0.15, 0.2) is 88.4 Å². The fourth-order valence-electron chi connectivity index (χ4n) is 2.82. The molecule has 0 unspecified atom stereocenters. The molecule has 0 aliphatic heterocycles. The lowest BCUT2D eigenvalue weighted by Crippen LogP contribution is -2.16. The number of nitrogens with zero attached hydrogens (tertiary/aromatic N) is 1. The molecule has 0 fully saturated rings. The predicted molar refractivity (Wildman–Crippen MR) is 105 cm³/mol. The predicted octanol–water partition coefficient (Wildman–Crippen LogP) is 5.02. The normalized spacial score (nSPS) is 11.7. The molecule has 0 saturated heterocycles. The van der Waals surface area contributed by atoms with Crippen LogP contribution in [0.1, 0.15) is 16.1 Å². The van der Waals surface area contributed by atoms with Gasteiger partial charge in [0.15, 0.2) is 5.76 Å². The second-order valence-electron chi connectivity index (χ2n) is 5.80. The molecule has 0 aliphatic rings. The van der Waals surface area contributed by atoms with Crippen LogP contribution in [0.3, 0.4) is 0 Å². The minimum Gasteiger partial charge on any atom is -0.451 e. The zero-order valence-corrected chi connectivity index (χ0v) is 13.9. The first-order valence-corrected chi connectivity index (χ1v) is 8.28. The Hall–Kier alpha value is -3.66. The molecule has 0 bridgehead atoms. The Morgan fingerprint density at radius 2 is 1.73 bits per heavy atom. The molecule has 1 amide bonds. The van der Waals surface area contributed by atoms with Gasteiger partial charge in [-0.2, -0.15) is 5.10 Å². The maximum absolute atomic E-state index is 12.2. The van der Waals surface area contributed by atoms with Crippen molar-refractivity contribution >= 4 is 39.9 Å². The zero-order valence-electron chi connectivity index (χ0n) is 13.9. The van der Waals surface area contributed by atoms with E-state index in [1.807, 2.05) is 72.8 Å². The summed E-state index contributed by atoms with van der Waals surface area (Å²) in [6.45, 7) is 0. The zero-order chi connectivity index (χ0) is 17.8. The lowest BCUT2D eigenvalue weighted by atomic mass is 10.1. The maximum Gasteiger partial charge on any atom is 0.307 e. The highest BCUT2D eigenvalue weighted by atomic mass is 16.3. The highest BCUT2D eigenvalue weighted by Gasteiger charge is 2.13. The second kappa shape index (κ2) is 7.07. The molecular weight excluding hydrogens is 324 g/mol. The lowest BCUT2D eigenvalue weighted by molar-refractivity contribution is 0.0929. The highest BCUT2D eigenvalue weighted by Crippen LogP contribution is 2.28. The molecule has 0 atom stereocenters. The number of benzene rings is 3. The molecule has 0 radical (unpaired) electrons. The summed E-state index contributed by atoms with van der Waals surface area (Å²) in [6, 6.07) is 23.5. The molecule has 126 valence electrons. The van der Waals surface area contributed by atoms with E-state index < -0.39 is 0 Å². The average molecular weight is 340 g/mol. The van der Waals surface area contributed by atoms with E-state index in [1.54, 1.807) is 12.1 Å². The fraction of sp³-hybridized carbons (Fsp3) is 0. The lowest BCUT2D eigenvalue weighted by Gasteiger charge is -1.96. The molecule has 26 heavy (non-hydrogen) atoms. The van der Waals surface area contributed by atoms with Gasteiger partial charge in [0.05, 0.1) is 0 Å². The minimum absolute atomic E-state index is 0.237. The van der Waals surface area contributed by atoms with Crippen molar-refractivity contribution in [2.24, 2.45) is 5.10 Å². The van der Waals surface area contributed by atoms with Crippen LogP contribution in [0.2, 0.25) is 0 Å². The van der Waals surface area contributed by atoms with E-state index in [0.717, 1.165) is 21.7 Å². The molecule has 1 aromatic heterocycles. The summed E-state index contributed by atoms with van der Waals surface area (Å²) >= 11 is 0. The number of furan rings is 1. The second-order valence-corrected chi connectivity index (χ2v) is 5.80. The van der Waals surface area contributed by atoms with Crippen LogP contribution in [0.4, 0.5) is 0 Å². The number of hydrazone groups is 1. The minimum atomic E-state index is -0.380. The monoisotopic (exact) mass is 340 g/mol. The largest absolute Gasteiger partial charge is 0.451 e. The van der Waals surface area contributed by atoms with E-state index in [1.165, 1.54) is 6.21 Å². The van der Waals surface area contributed by atoms with Crippen molar-refractivity contribution in [2.45, 2.75) is 0 Å². The van der Waals surface area contributed by atoms with Gasteiger partial charge in [0.2, 0.25) is 0 Å². The summed E-state index contributed by atoms with van der Waals surface area (Å²) in [7, 11) is 0. The highest BCUT2D eigenvalue weighted by molar-refractivity contribution is 6.08. The van der Waals surface area contributed by atoms with E-state index in [-0.39, 0.29) is 11.7 Å². The van der Waals surface area contributed by atoms with Gasteiger partial charge in [0.25, 0.3) is 0 Å². The smallest absolute Gasteiger partial charge is 0.307 e. The van der Waals surface area contributed by atoms with Crippen LogP contribution in [0.5, 0.6) is 0 Å².